The molecule has 0 unspecified atom stereocenters. The fraction of sp³-hybridized carbons (Fsp3) is 0.200. The van der Waals surface area contributed by atoms with E-state index in [9.17, 15) is 9.90 Å². The minimum Gasteiger partial charge on any atom is -0.506 e. The molecule has 0 radical (unpaired) electrons. The molecule has 8 heteroatoms. The van der Waals surface area contributed by atoms with Crippen LogP contribution in [0.2, 0.25) is 5.02 Å². The molecule has 2 aromatic heterocycles. The molecule has 2 heterocycles. The molecule has 0 atom stereocenters. The number of aromatic amines is 1. The van der Waals surface area contributed by atoms with E-state index in [2.05, 4.69) is 9.97 Å². The van der Waals surface area contributed by atoms with Gasteiger partial charge in [-0.1, -0.05) is 41.9 Å². The van der Waals surface area contributed by atoms with Crippen molar-refractivity contribution in [1.29, 1.82) is 0 Å². The average Bonchev–Trinajstić information content (AvgIpc) is 3.27. The van der Waals surface area contributed by atoms with Crippen LogP contribution in [0.25, 0.3) is 22.6 Å². The zero-order valence-corrected chi connectivity index (χ0v) is 19.0. The first-order valence-corrected chi connectivity index (χ1v) is 10.8. The number of hydrogen-bond donors (Lipinski definition) is 2. The fourth-order valence-electron chi connectivity index (χ4n) is 3.60. The van der Waals surface area contributed by atoms with Gasteiger partial charge < -0.3 is 24.0 Å². The highest BCUT2D eigenvalue weighted by atomic mass is 35.5. The molecule has 0 aliphatic carbocycles. The van der Waals surface area contributed by atoms with Crippen LogP contribution in [-0.2, 0) is 17.8 Å². The molecule has 4 aromatic rings. The van der Waals surface area contributed by atoms with Crippen LogP contribution in [0.1, 0.15) is 23.9 Å². The lowest BCUT2D eigenvalue weighted by Gasteiger charge is -2.16. The average molecular weight is 467 g/mol. The van der Waals surface area contributed by atoms with Gasteiger partial charge in [0.2, 0.25) is 5.89 Å². The third kappa shape index (κ3) is 4.79. The number of methoxy groups -OCH3 is 1. The van der Waals surface area contributed by atoms with Crippen LogP contribution in [0, 0.1) is 0 Å². The maximum atomic E-state index is 13.0. The summed E-state index contributed by atoms with van der Waals surface area (Å²) in [6.45, 7) is 2.41. The van der Waals surface area contributed by atoms with Crippen LogP contribution in [0.4, 0.5) is 0 Å². The Morgan fingerprint density at radius 3 is 2.61 bits per heavy atom. The van der Waals surface area contributed by atoms with Gasteiger partial charge >= 0.3 is 0 Å². The fourth-order valence-corrected chi connectivity index (χ4v) is 3.72. The van der Waals surface area contributed by atoms with Crippen molar-refractivity contribution in [1.82, 2.24) is 9.97 Å². The van der Waals surface area contributed by atoms with Crippen LogP contribution in [0.5, 0.6) is 11.5 Å². The Bertz CT molecular complexity index is 1310. The number of oxazole rings is 1. The zero-order valence-electron chi connectivity index (χ0n) is 18.2. The van der Waals surface area contributed by atoms with Crippen molar-refractivity contribution >= 4 is 11.6 Å². The highest BCUT2D eigenvalue weighted by Gasteiger charge is 2.25. The van der Waals surface area contributed by atoms with Gasteiger partial charge in [-0.2, -0.15) is 0 Å². The van der Waals surface area contributed by atoms with Crippen molar-refractivity contribution in [3.63, 3.8) is 0 Å². The molecule has 0 amide bonds. The number of halogens is 1. The maximum Gasteiger partial charge on any atom is 0.264 e. The maximum absolute atomic E-state index is 13.0. The van der Waals surface area contributed by atoms with Gasteiger partial charge in [0, 0.05) is 23.6 Å². The molecule has 33 heavy (non-hydrogen) atoms. The van der Waals surface area contributed by atoms with Crippen LogP contribution in [0.15, 0.2) is 63.9 Å². The van der Waals surface area contributed by atoms with Gasteiger partial charge in [0.15, 0.2) is 0 Å². The molecule has 0 saturated carbocycles. The first kappa shape index (κ1) is 22.6. The molecule has 0 bridgehead atoms. The Balaban J connectivity index is 1.80. The summed E-state index contributed by atoms with van der Waals surface area (Å²) in [5.74, 6) is 0.859. The van der Waals surface area contributed by atoms with Gasteiger partial charge in [0.1, 0.15) is 22.8 Å². The number of rotatable bonds is 8. The molecule has 0 spiro atoms. The van der Waals surface area contributed by atoms with Crippen molar-refractivity contribution in [2.24, 2.45) is 0 Å². The third-order valence-electron chi connectivity index (χ3n) is 5.15. The van der Waals surface area contributed by atoms with E-state index in [4.69, 9.17) is 25.5 Å². The van der Waals surface area contributed by atoms with E-state index in [-0.39, 0.29) is 23.8 Å². The minimum atomic E-state index is -0.527. The van der Waals surface area contributed by atoms with Crippen LogP contribution >= 0.6 is 11.6 Å². The van der Waals surface area contributed by atoms with Crippen LogP contribution in [0.3, 0.4) is 0 Å². The number of hydrogen-bond acceptors (Lipinski definition) is 6. The summed E-state index contributed by atoms with van der Waals surface area (Å²) in [4.78, 5) is 20.0. The molecule has 0 saturated heterocycles. The van der Waals surface area contributed by atoms with E-state index in [1.54, 1.807) is 37.6 Å². The second-order valence-electron chi connectivity index (χ2n) is 7.30. The molecule has 7 nitrogen and oxygen atoms in total. The number of para-hydroxylation sites is 1. The van der Waals surface area contributed by atoms with E-state index < -0.39 is 5.56 Å². The van der Waals surface area contributed by atoms with Crippen LogP contribution < -0.4 is 10.3 Å². The minimum absolute atomic E-state index is 0.0248. The van der Waals surface area contributed by atoms with Gasteiger partial charge in [-0.15, -0.1) is 0 Å². The lowest BCUT2D eigenvalue weighted by Crippen LogP contribution is -2.15. The predicted molar refractivity (Wildman–Crippen MR) is 126 cm³/mol. The van der Waals surface area contributed by atoms with E-state index >= 15 is 0 Å². The van der Waals surface area contributed by atoms with Gasteiger partial charge in [-0.25, -0.2) is 4.98 Å². The molecule has 0 aliphatic heterocycles. The molecule has 2 N–H and O–H groups in total. The Morgan fingerprint density at radius 2 is 1.88 bits per heavy atom. The van der Waals surface area contributed by atoms with Gasteiger partial charge in [0.05, 0.1) is 31.2 Å². The van der Waals surface area contributed by atoms with Gasteiger partial charge in [-0.3, -0.25) is 4.79 Å². The smallest absolute Gasteiger partial charge is 0.264 e. The van der Waals surface area contributed by atoms with Crippen LogP contribution in [-0.4, -0.2) is 28.8 Å². The summed E-state index contributed by atoms with van der Waals surface area (Å²) in [6, 6.07) is 14.6. The molecular formula is C25H23ClN2O5. The third-order valence-corrected chi connectivity index (χ3v) is 5.40. The van der Waals surface area contributed by atoms with Crippen molar-refractivity contribution in [3.05, 3.63) is 87.1 Å². The van der Waals surface area contributed by atoms with Crippen molar-refractivity contribution in [2.45, 2.75) is 20.0 Å². The predicted octanol–water partition coefficient (Wildman–Crippen LogP) is 5.19. The largest absolute Gasteiger partial charge is 0.506 e. The standard InChI is InChI=1S/C25H23ClN2O5/c1-3-32-14-19-21(18-6-4-5-7-20(18)31-2)23(29)22(24(30)28-19)25-27-13-17(33-25)12-15-8-10-16(26)11-9-15/h4-11,13H,3,12,14H2,1-2H3,(H2,28,29,30). The second kappa shape index (κ2) is 9.94. The van der Waals surface area contributed by atoms with Gasteiger partial charge in [-0.05, 0) is 30.7 Å². The molecule has 0 aliphatic rings. The molecular weight excluding hydrogens is 444 g/mol. The molecule has 2 aromatic carbocycles. The molecule has 4 rings (SSSR count). The summed E-state index contributed by atoms with van der Waals surface area (Å²) >= 11 is 5.95. The summed E-state index contributed by atoms with van der Waals surface area (Å²) in [5, 5.41) is 11.9. The van der Waals surface area contributed by atoms with Crippen molar-refractivity contribution in [3.8, 4) is 34.1 Å². The summed E-state index contributed by atoms with van der Waals surface area (Å²) in [7, 11) is 1.54. The Morgan fingerprint density at radius 1 is 1.12 bits per heavy atom. The number of nitrogens with one attached hydrogen (secondary N) is 1. The van der Waals surface area contributed by atoms with E-state index in [1.165, 1.54) is 0 Å². The highest BCUT2D eigenvalue weighted by Crippen LogP contribution is 2.41. The van der Waals surface area contributed by atoms with E-state index in [0.717, 1.165) is 5.56 Å². The van der Waals surface area contributed by atoms with E-state index in [1.807, 2.05) is 31.2 Å². The number of aromatic nitrogens is 2. The Kier molecular flexibility index (Phi) is 6.82. The summed E-state index contributed by atoms with van der Waals surface area (Å²) in [6.07, 6.45) is 2.00. The first-order valence-electron chi connectivity index (χ1n) is 10.4. The normalized spacial score (nSPS) is 11.0. The highest BCUT2D eigenvalue weighted by molar-refractivity contribution is 6.30. The van der Waals surface area contributed by atoms with E-state index in [0.29, 0.717) is 46.4 Å². The Hall–Kier alpha value is -3.55. The van der Waals surface area contributed by atoms with Gasteiger partial charge in [0.25, 0.3) is 5.56 Å². The topological polar surface area (TPSA) is 97.6 Å². The quantitative estimate of drug-likeness (QED) is 0.371. The SMILES string of the molecule is CCOCc1[nH]c(=O)c(-c2ncc(Cc3ccc(Cl)cc3)o2)c(O)c1-c1ccccc1OC. The number of ether oxygens (including phenoxy) is 2. The number of pyridine rings is 1. The Labute approximate surface area is 195 Å². The lowest BCUT2D eigenvalue weighted by molar-refractivity contribution is 0.131. The summed E-state index contributed by atoms with van der Waals surface area (Å²) in [5.41, 5.74) is 1.83. The summed E-state index contributed by atoms with van der Waals surface area (Å²) < 4.78 is 16.8. The number of aromatic hydroxyl groups is 1. The first-order chi connectivity index (χ1) is 16.0. The monoisotopic (exact) mass is 466 g/mol. The number of nitrogens with zero attached hydrogens (tertiary/aromatic N) is 1. The molecule has 170 valence electrons. The second-order valence-corrected chi connectivity index (χ2v) is 7.74. The molecule has 0 fully saturated rings. The lowest BCUT2D eigenvalue weighted by atomic mass is 9.99. The zero-order chi connectivity index (χ0) is 23.4. The van der Waals surface area contributed by atoms with Crippen molar-refractivity contribution < 1.29 is 19.0 Å². The number of benzene rings is 2. The number of H-pyrrole nitrogens is 1. The van der Waals surface area contributed by atoms with Crippen molar-refractivity contribution in [2.75, 3.05) is 13.7 Å².